The van der Waals surface area contributed by atoms with Crippen LogP contribution in [0.15, 0.2) is 206 Å². The molecule has 1 aliphatic carbocycles. The van der Waals surface area contributed by atoms with E-state index in [9.17, 15) is 0 Å². The van der Waals surface area contributed by atoms with Crippen LogP contribution in [0.25, 0.3) is 110 Å². The average molecular weight is 683 g/mol. The summed E-state index contributed by atoms with van der Waals surface area (Å²) in [4.78, 5) is 0. The first-order chi connectivity index (χ1) is 26.8. The normalized spacial score (nSPS) is 11.7. The van der Waals surface area contributed by atoms with Crippen molar-refractivity contribution in [3.8, 4) is 77.9 Å². The molecule has 0 bridgehead atoms. The van der Waals surface area contributed by atoms with Gasteiger partial charge in [-0.15, -0.1) is 0 Å². The van der Waals surface area contributed by atoms with E-state index in [0.29, 0.717) is 0 Å². The van der Waals surface area contributed by atoms with Gasteiger partial charge in [-0.05, 0) is 116 Å². The lowest BCUT2D eigenvalue weighted by Crippen LogP contribution is -1.99. The summed E-state index contributed by atoms with van der Waals surface area (Å²) >= 11 is 0. The van der Waals surface area contributed by atoms with Gasteiger partial charge in [-0.1, -0.05) is 200 Å². The lowest BCUT2D eigenvalue weighted by Gasteiger charge is -2.26. The maximum Gasteiger partial charge on any atom is -0.000718 e. The van der Waals surface area contributed by atoms with Crippen LogP contribution >= 0.6 is 0 Å². The van der Waals surface area contributed by atoms with E-state index in [2.05, 4.69) is 206 Å². The van der Waals surface area contributed by atoms with Crippen molar-refractivity contribution in [1.82, 2.24) is 0 Å². The third-order valence-corrected chi connectivity index (χ3v) is 11.4. The smallest absolute Gasteiger partial charge is 0.000718 e. The summed E-state index contributed by atoms with van der Waals surface area (Å²) in [7, 11) is 0. The molecule has 0 saturated carbocycles. The first kappa shape index (κ1) is 30.6. The van der Waals surface area contributed by atoms with E-state index in [-0.39, 0.29) is 0 Å². The molecule has 10 aromatic carbocycles. The van der Waals surface area contributed by atoms with Gasteiger partial charge in [0.15, 0.2) is 0 Å². The van der Waals surface area contributed by atoms with E-state index < -0.39 is 0 Å². The molecule has 0 aliphatic heterocycles. The molecule has 11 rings (SSSR count). The largest absolute Gasteiger partial charge is 0.0622 e. The predicted molar refractivity (Wildman–Crippen MR) is 231 cm³/mol. The Hall–Kier alpha value is -7.02. The highest BCUT2D eigenvalue weighted by atomic mass is 14.4. The highest BCUT2D eigenvalue weighted by molar-refractivity contribution is 6.28. The summed E-state index contributed by atoms with van der Waals surface area (Å²) in [6.45, 7) is 0. The summed E-state index contributed by atoms with van der Waals surface area (Å²) in [5, 5.41) is 7.71. The van der Waals surface area contributed by atoms with Crippen LogP contribution in [0.1, 0.15) is 0 Å². The zero-order valence-electron chi connectivity index (χ0n) is 29.6. The van der Waals surface area contributed by atoms with Crippen molar-refractivity contribution >= 4 is 32.3 Å². The highest BCUT2D eigenvalue weighted by Gasteiger charge is 2.34. The lowest BCUT2D eigenvalue weighted by molar-refractivity contribution is 1.54. The number of fused-ring (bicyclic) bond motifs is 6. The van der Waals surface area contributed by atoms with Gasteiger partial charge in [-0.2, -0.15) is 0 Å². The van der Waals surface area contributed by atoms with Crippen LogP contribution in [0.3, 0.4) is 0 Å². The summed E-state index contributed by atoms with van der Waals surface area (Å²) in [5.41, 5.74) is 17.6. The molecule has 54 heavy (non-hydrogen) atoms. The molecule has 0 amide bonds. The SMILES string of the molecule is c1ccc(-c2c(-c3ccccc3)c(-c3ccccc3)c3c(c2-c2ccccc2)-c2cccc4c(-c5cc6ccccc6c6ccccc56)ccc-3c24)cc1. The van der Waals surface area contributed by atoms with Crippen molar-refractivity contribution in [2.75, 3.05) is 0 Å². The molecule has 0 unspecified atom stereocenters. The fraction of sp³-hybridized carbons (Fsp3) is 0. The molecule has 0 heterocycles. The van der Waals surface area contributed by atoms with Crippen LogP contribution in [0.2, 0.25) is 0 Å². The molecule has 0 saturated heterocycles. The van der Waals surface area contributed by atoms with Crippen LogP contribution in [-0.2, 0) is 0 Å². The number of hydrogen-bond donors (Lipinski definition) is 0. The van der Waals surface area contributed by atoms with Crippen molar-refractivity contribution in [2.45, 2.75) is 0 Å². The monoisotopic (exact) mass is 682 g/mol. The van der Waals surface area contributed by atoms with Crippen molar-refractivity contribution in [2.24, 2.45) is 0 Å². The van der Waals surface area contributed by atoms with Crippen molar-refractivity contribution in [3.05, 3.63) is 206 Å². The van der Waals surface area contributed by atoms with E-state index >= 15 is 0 Å². The third-order valence-electron chi connectivity index (χ3n) is 11.4. The molecule has 0 nitrogen and oxygen atoms in total. The van der Waals surface area contributed by atoms with Gasteiger partial charge in [0.1, 0.15) is 0 Å². The fourth-order valence-corrected chi connectivity index (χ4v) is 9.20. The molecule has 0 aromatic heterocycles. The first-order valence-corrected chi connectivity index (χ1v) is 18.8. The summed E-state index contributed by atoms with van der Waals surface area (Å²) in [6.07, 6.45) is 0. The quantitative estimate of drug-likeness (QED) is 0.159. The third kappa shape index (κ3) is 4.57. The standard InChI is InChI=1S/C54H34/c1-5-18-35(19-6-1)48-49(36-20-7-2-8-21-36)51(38-24-11-4-12-25-38)54-46-33-32-43(47-34-39-26-13-14-27-40(39)41-28-15-16-29-42(41)47)44-30-17-31-45(52(44)46)53(54)50(48)37-22-9-3-10-23-37/h1-34H. The second kappa shape index (κ2) is 12.3. The minimum absolute atomic E-state index is 1.21. The van der Waals surface area contributed by atoms with E-state index in [0.717, 1.165) is 0 Å². The topological polar surface area (TPSA) is 0 Å². The Morgan fingerprint density at radius 1 is 0.204 bits per heavy atom. The molecule has 250 valence electrons. The van der Waals surface area contributed by atoms with Gasteiger partial charge in [-0.25, -0.2) is 0 Å². The Morgan fingerprint density at radius 2 is 0.593 bits per heavy atom. The molecule has 0 fully saturated rings. The molecule has 1 aliphatic rings. The van der Waals surface area contributed by atoms with E-state index in [1.165, 1.54) is 110 Å². The van der Waals surface area contributed by atoms with Gasteiger partial charge >= 0.3 is 0 Å². The summed E-state index contributed by atoms with van der Waals surface area (Å²) in [6, 6.07) is 76.0. The Labute approximate surface area is 315 Å². The van der Waals surface area contributed by atoms with Crippen molar-refractivity contribution in [3.63, 3.8) is 0 Å². The Balaban J connectivity index is 1.33. The predicted octanol–water partition coefficient (Wildman–Crippen LogP) is 15.1. The fourth-order valence-electron chi connectivity index (χ4n) is 9.20. The van der Waals surface area contributed by atoms with Gasteiger partial charge in [-0.3, -0.25) is 0 Å². The average Bonchev–Trinajstić information content (AvgIpc) is 3.59. The Kier molecular flexibility index (Phi) is 6.97. The van der Waals surface area contributed by atoms with Crippen molar-refractivity contribution in [1.29, 1.82) is 0 Å². The van der Waals surface area contributed by atoms with Crippen LogP contribution in [0.5, 0.6) is 0 Å². The molecule has 10 aromatic rings. The van der Waals surface area contributed by atoms with E-state index in [4.69, 9.17) is 0 Å². The molecule has 0 radical (unpaired) electrons. The maximum absolute atomic E-state index is 2.41. The highest BCUT2D eigenvalue weighted by Crippen LogP contribution is 2.61. The van der Waals surface area contributed by atoms with Gasteiger partial charge in [0, 0.05) is 0 Å². The molecule has 0 N–H and O–H groups in total. The number of hydrogen-bond acceptors (Lipinski definition) is 0. The van der Waals surface area contributed by atoms with Gasteiger partial charge in [0.2, 0.25) is 0 Å². The minimum Gasteiger partial charge on any atom is -0.0622 e. The van der Waals surface area contributed by atoms with Crippen LogP contribution in [0.4, 0.5) is 0 Å². The van der Waals surface area contributed by atoms with Gasteiger partial charge in [0.05, 0.1) is 0 Å². The molecular weight excluding hydrogens is 649 g/mol. The molecule has 0 atom stereocenters. The summed E-state index contributed by atoms with van der Waals surface area (Å²) < 4.78 is 0. The minimum atomic E-state index is 1.21. The second-order valence-corrected chi connectivity index (χ2v) is 14.3. The van der Waals surface area contributed by atoms with Crippen LogP contribution < -0.4 is 0 Å². The van der Waals surface area contributed by atoms with E-state index in [1.807, 2.05) is 0 Å². The zero-order valence-corrected chi connectivity index (χ0v) is 29.6. The Morgan fingerprint density at radius 3 is 1.13 bits per heavy atom. The lowest BCUT2D eigenvalue weighted by atomic mass is 9.76. The van der Waals surface area contributed by atoms with Crippen LogP contribution in [-0.4, -0.2) is 0 Å². The van der Waals surface area contributed by atoms with Gasteiger partial charge < -0.3 is 0 Å². The van der Waals surface area contributed by atoms with E-state index in [1.54, 1.807) is 0 Å². The second-order valence-electron chi connectivity index (χ2n) is 14.3. The molecular formula is C54H34. The summed E-state index contributed by atoms with van der Waals surface area (Å²) in [5.74, 6) is 0. The molecule has 0 heteroatoms. The first-order valence-electron chi connectivity index (χ1n) is 18.8. The maximum atomic E-state index is 2.41. The number of benzene rings is 10. The van der Waals surface area contributed by atoms with Gasteiger partial charge in [0.25, 0.3) is 0 Å². The van der Waals surface area contributed by atoms with Crippen LogP contribution in [0, 0.1) is 0 Å². The Bertz CT molecular complexity index is 2930. The van der Waals surface area contributed by atoms with Crippen molar-refractivity contribution < 1.29 is 0 Å². The zero-order chi connectivity index (χ0) is 35.6. The number of rotatable bonds is 5. The molecule has 0 spiro atoms.